The van der Waals surface area contributed by atoms with Crippen LogP contribution in [0.4, 0.5) is 16.2 Å². The first-order valence-corrected chi connectivity index (χ1v) is 19.3. The van der Waals surface area contributed by atoms with Crippen LogP contribution >= 0.6 is 0 Å². The molecule has 1 amide bonds. The Bertz CT molecular complexity index is 2410. The van der Waals surface area contributed by atoms with E-state index in [4.69, 9.17) is 0 Å². The molecule has 7 rings (SSSR count). The first-order chi connectivity index (χ1) is 23.7. The van der Waals surface area contributed by atoms with E-state index in [0.29, 0.717) is 51.4 Å². The van der Waals surface area contributed by atoms with E-state index in [1.807, 2.05) is 57.2 Å². The van der Waals surface area contributed by atoms with Gasteiger partial charge in [-0.1, -0.05) is 84.9 Å². The monoisotopic (exact) mass is 707 g/mol. The van der Waals surface area contributed by atoms with Gasteiger partial charge in [-0.05, 0) is 78.7 Å². The van der Waals surface area contributed by atoms with Crippen LogP contribution in [0.1, 0.15) is 20.8 Å². The molecule has 0 unspecified atom stereocenters. The van der Waals surface area contributed by atoms with Gasteiger partial charge in [0.2, 0.25) is 0 Å². The largest absolute Gasteiger partial charge is 0.498 e. The minimum atomic E-state index is -4.72. The molecule has 1 fully saturated rings. The molecule has 0 saturated carbocycles. The molecule has 6 aromatic carbocycles. The first-order valence-electron chi connectivity index (χ1n) is 16.4. The van der Waals surface area contributed by atoms with E-state index in [0.717, 1.165) is 16.5 Å². The van der Waals surface area contributed by atoms with E-state index in [1.54, 1.807) is 54.6 Å². The summed E-state index contributed by atoms with van der Waals surface area (Å²) in [5, 5.41) is 16.4. The molecule has 0 aliphatic carbocycles. The van der Waals surface area contributed by atoms with Crippen LogP contribution < -0.4 is 13.7 Å². The zero-order valence-corrected chi connectivity index (χ0v) is 29.6. The molecule has 9 nitrogen and oxygen atoms in total. The molecule has 1 heterocycles. The molecule has 1 aliphatic rings. The van der Waals surface area contributed by atoms with Crippen LogP contribution in [0.15, 0.2) is 131 Å². The number of benzene rings is 6. The lowest BCUT2D eigenvalue weighted by Gasteiger charge is -2.52. The number of hydrogen-bond acceptors (Lipinski definition) is 7. The maximum absolute atomic E-state index is 14.8. The van der Waals surface area contributed by atoms with Gasteiger partial charge in [0.25, 0.3) is 26.1 Å². The molecule has 11 heteroatoms. The van der Waals surface area contributed by atoms with Gasteiger partial charge in [0.05, 0.1) is 34.1 Å². The zero-order valence-electron chi connectivity index (χ0n) is 28.0. The molecule has 1 aliphatic heterocycles. The summed E-state index contributed by atoms with van der Waals surface area (Å²) >= 11 is 0. The van der Waals surface area contributed by atoms with Crippen molar-refractivity contribution in [2.45, 2.75) is 36.1 Å². The van der Waals surface area contributed by atoms with Crippen molar-refractivity contribution in [3.8, 4) is 0 Å². The number of piperazine rings is 1. The molecule has 0 aromatic heterocycles. The fraction of sp³-hybridized carbons (Fsp3) is 0.205. The second kappa shape index (κ2) is 12.1. The lowest BCUT2D eigenvalue weighted by molar-refractivity contribution is -0.920. The van der Waals surface area contributed by atoms with E-state index in [-0.39, 0.29) is 20.0 Å². The van der Waals surface area contributed by atoms with Crippen molar-refractivity contribution in [2.24, 2.45) is 0 Å². The Balaban J connectivity index is 1.40. The molecule has 0 radical (unpaired) electrons. The summed E-state index contributed by atoms with van der Waals surface area (Å²) in [5.74, 6) is 0. The van der Waals surface area contributed by atoms with Gasteiger partial charge in [-0.2, -0.15) is 3.71 Å². The predicted octanol–water partition coefficient (Wildman–Crippen LogP) is 6.51. The van der Waals surface area contributed by atoms with Crippen molar-refractivity contribution in [2.75, 3.05) is 34.8 Å². The van der Waals surface area contributed by atoms with Crippen LogP contribution in [0.25, 0.3) is 32.3 Å². The number of amides is 1. The van der Waals surface area contributed by atoms with E-state index in [9.17, 15) is 26.7 Å². The molecule has 50 heavy (non-hydrogen) atoms. The average Bonchev–Trinajstić information content (AvgIpc) is 3.10. The van der Waals surface area contributed by atoms with Crippen molar-refractivity contribution in [3.63, 3.8) is 0 Å². The normalized spacial score (nSPS) is 15.4. The number of carbonyl (C=O) groups is 1. The third kappa shape index (κ3) is 5.46. The summed E-state index contributed by atoms with van der Waals surface area (Å²) < 4.78 is 59.5. The lowest BCUT2D eigenvalue weighted by Crippen LogP contribution is -2.73. The van der Waals surface area contributed by atoms with Crippen molar-refractivity contribution in [1.82, 2.24) is 0 Å². The average molecular weight is 708 g/mol. The summed E-state index contributed by atoms with van der Waals surface area (Å²) in [5.41, 5.74) is 0.156. The lowest BCUT2D eigenvalue weighted by atomic mass is 9.99. The molecule has 256 valence electrons. The van der Waals surface area contributed by atoms with E-state index >= 15 is 0 Å². The number of rotatable bonds is 6. The van der Waals surface area contributed by atoms with Gasteiger partial charge in [-0.3, -0.25) is 4.48 Å². The highest BCUT2D eigenvalue weighted by Gasteiger charge is 2.45. The maximum Gasteiger partial charge on any atom is 0.277 e. The predicted molar refractivity (Wildman–Crippen MR) is 196 cm³/mol. The highest BCUT2D eigenvalue weighted by Crippen LogP contribution is 2.41. The molecular weight excluding hydrogens is 671 g/mol. The number of anilines is 2. The third-order valence-electron chi connectivity index (χ3n) is 10.0. The maximum atomic E-state index is 14.8. The summed E-state index contributed by atoms with van der Waals surface area (Å²) in [6.45, 7) is 7.10. The van der Waals surface area contributed by atoms with Gasteiger partial charge in [0, 0.05) is 16.5 Å². The summed E-state index contributed by atoms with van der Waals surface area (Å²) in [4.78, 5) is 14.1. The number of nitrogens with zero attached hydrogens (tertiary/aromatic N) is 3. The summed E-state index contributed by atoms with van der Waals surface area (Å²) in [6.07, 6.45) is -1.12. The van der Waals surface area contributed by atoms with Crippen LogP contribution in [-0.2, 0) is 20.0 Å². The Kier molecular flexibility index (Phi) is 8.12. The minimum Gasteiger partial charge on any atom is -0.498 e. The second-order valence-electron chi connectivity index (χ2n) is 13.7. The highest BCUT2D eigenvalue weighted by molar-refractivity contribution is 8.10. The third-order valence-corrected chi connectivity index (χ3v) is 14.2. The number of sulfonamides is 2. The molecule has 0 bridgehead atoms. The summed E-state index contributed by atoms with van der Waals surface area (Å²) in [7, 11) is -9.44. The molecule has 0 spiro atoms. The van der Waals surface area contributed by atoms with Crippen LogP contribution in [-0.4, -0.2) is 59.1 Å². The van der Waals surface area contributed by atoms with Crippen molar-refractivity contribution in [3.05, 3.63) is 121 Å². The van der Waals surface area contributed by atoms with Gasteiger partial charge in [0.15, 0.2) is 0 Å². The minimum absolute atomic E-state index is 0.0165. The highest BCUT2D eigenvalue weighted by atomic mass is 32.3. The van der Waals surface area contributed by atoms with Gasteiger partial charge < -0.3 is 14.8 Å². The van der Waals surface area contributed by atoms with Crippen molar-refractivity contribution >= 4 is 69.8 Å². The Morgan fingerprint density at radius 2 is 1.10 bits per heavy atom. The topological polar surface area (TPSA) is 115 Å². The molecule has 0 N–H and O–H groups in total. The van der Waals surface area contributed by atoms with Crippen LogP contribution in [0.2, 0.25) is 0 Å². The fourth-order valence-electron chi connectivity index (χ4n) is 7.11. The fourth-order valence-corrected chi connectivity index (χ4v) is 10.9. The van der Waals surface area contributed by atoms with E-state index in [2.05, 4.69) is 4.90 Å². The second-order valence-corrected chi connectivity index (χ2v) is 17.5. The first kappa shape index (κ1) is 33.5. The molecule has 1 saturated heterocycles. The smallest absolute Gasteiger partial charge is 0.277 e. The number of carboxylic acid groups (broad SMARTS) is 1. The molecule has 6 aromatic rings. The van der Waals surface area contributed by atoms with Gasteiger partial charge in [0.1, 0.15) is 13.1 Å². The van der Waals surface area contributed by atoms with Crippen LogP contribution in [0.3, 0.4) is 0 Å². The standard InChI is InChI=1S/C39H37N3O6S2/c1-39(2,3)42(38(43)44)24-22-40(23-25-42)36-20-21-37(35-15-9-8-14-34(35)36)41(49(45,46)32-18-16-28-10-4-6-12-30(28)26-32)50(47,48)33-19-17-29-11-5-7-13-31(29)27-33/h4-21,26-27H,22-25H2,1-3H3. The Morgan fingerprint density at radius 1 is 0.640 bits per heavy atom. The van der Waals surface area contributed by atoms with E-state index < -0.39 is 31.7 Å². The number of carbonyl (C=O) groups excluding carboxylic acids is 1. The number of fused-ring (bicyclic) bond motifs is 3. The van der Waals surface area contributed by atoms with E-state index in [1.165, 1.54) is 30.3 Å². The Hall–Kier alpha value is -4.97. The number of hydrogen-bond donors (Lipinski definition) is 0. The Labute approximate surface area is 292 Å². The zero-order chi connectivity index (χ0) is 35.5. The Morgan fingerprint density at radius 3 is 1.58 bits per heavy atom. The van der Waals surface area contributed by atoms with Crippen LogP contribution in [0, 0.1) is 0 Å². The molecule has 0 atom stereocenters. The number of quaternary nitrogens is 1. The van der Waals surface area contributed by atoms with Gasteiger partial charge >= 0.3 is 0 Å². The van der Waals surface area contributed by atoms with Gasteiger partial charge in [-0.25, -0.2) is 16.8 Å². The SMILES string of the molecule is CC(C)(C)[N+]1(C(=O)[O-])CCN(c2ccc(N(S(=O)(=O)c3ccc4ccccc4c3)S(=O)(=O)c3ccc4ccccc4c3)c3ccccc23)CC1. The quantitative estimate of drug-likeness (QED) is 0.181. The van der Waals surface area contributed by atoms with Gasteiger partial charge in [-0.15, -0.1) is 0 Å². The van der Waals surface area contributed by atoms with Crippen molar-refractivity contribution < 1.29 is 31.2 Å². The summed E-state index contributed by atoms with van der Waals surface area (Å²) in [6, 6.07) is 34.2. The molecular formula is C39H37N3O6S2. The van der Waals surface area contributed by atoms with Crippen LogP contribution in [0.5, 0.6) is 0 Å². The van der Waals surface area contributed by atoms with Crippen molar-refractivity contribution in [1.29, 1.82) is 0 Å².